The number of likely N-dealkylation sites (N-methyl/N-ethyl adjacent to an activating group) is 1. The third-order valence-electron chi connectivity index (χ3n) is 7.43. The highest BCUT2D eigenvalue weighted by Gasteiger charge is 2.63. The highest BCUT2D eigenvalue weighted by molar-refractivity contribution is 6.31. The molecule has 1 aromatic heterocycles. The van der Waals surface area contributed by atoms with Gasteiger partial charge in [-0.25, -0.2) is 8.78 Å². The Morgan fingerprint density at radius 3 is 2.44 bits per heavy atom. The van der Waals surface area contributed by atoms with E-state index in [1.54, 1.807) is 24.5 Å². The average molecular weight is 520 g/mol. The predicted molar refractivity (Wildman–Crippen MR) is 139 cm³/mol. The summed E-state index contributed by atoms with van der Waals surface area (Å²) in [5.74, 6) is -3.74. The number of alkyl halides is 2. The molecule has 1 heterocycles. The molecule has 0 saturated heterocycles. The van der Waals surface area contributed by atoms with Gasteiger partial charge < -0.3 is 10.2 Å². The van der Waals surface area contributed by atoms with E-state index >= 15 is 0 Å². The second-order valence-corrected chi connectivity index (χ2v) is 10.7. The van der Waals surface area contributed by atoms with Gasteiger partial charge in [-0.1, -0.05) is 36.7 Å². The number of hydrogen-bond donors (Lipinski definition) is 1. The van der Waals surface area contributed by atoms with E-state index in [9.17, 15) is 18.4 Å². The van der Waals surface area contributed by atoms with E-state index in [0.29, 0.717) is 48.4 Å². The van der Waals surface area contributed by atoms with E-state index in [0.717, 1.165) is 18.1 Å². The smallest absolute Gasteiger partial charge is 0.251 e. The Kier molecular flexibility index (Phi) is 8.88. The highest BCUT2D eigenvalue weighted by Crippen LogP contribution is 2.65. The van der Waals surface area contributed by atoms with Crippen LogP contribution in [0.3, 0.4) is 0 Å². The quantitative estimate of drug-likeness (QED) is 0.358. The fourth-order valence-electron chi connectivity index (χ4n) is 4.90. The van der Waals surface area contributed by atoms with Crippen LogP contribution in [0.4, 0.5) is 8.78 Å². The van der Waals surface area contributed by atoms with Crippen LogP contribution in [0.25, 0.3) is 0 Å². The van der Waals surface area contributed by atoms with Crippen molar-refractivity contribution < 1.29 is 18.4 Å². The van der Waals surface area contributed by atoms with Crippen molar-refractivity contribution in [3.8, 4) is 0 Å². The third-order valence-corrected chi connectivity index (χ3v) is 7.79. The topological polar surface area (TPSA) is 62.3 Å². The minimum Gasteiger partial charge on any atom is -0.355 e. The van der Waals surface area contributed by atoms with Crippen molar-refractivity contribution in [3.05, 3.63) is 63.9 Å². The van der Waals surface area contributed by atoms with Crippen LogP contribution in [0.5, 0.6) is 0 Å². The summed E-state index contributed by atoms with van der Waals surface area (Å²) in [6.07, 6.45) is 5.01. The molecule has 1 aliphatic carbocycles. The molecule has 1 saturated carbocycles. The maximum atomic E-state index is 14.7. The molecule has 5 nitrogen and oxygen atoms in total. The molecule has 3 rings (SSSR count). The van der Waals surface area contributed by atoms with Crippen LogP contribution in [-0.4, -0.2) is 54.2 Å². The number of aromatic nitrogens is 1. The Labute approximate surface area is 217 Å². The summed E-state index contributed by atoms with van der Waals surface area (Å²) < 4.78 is 29.3. The zero-order valence-electron chi connectivity index (χ0n) is 21.7. The highest BCUT2D eigenvalue weighted by atomic mass is 35.5. The van der Waals surface area contributed by atoms with Gasteiger partial charge in [0.15, 0.2) is 5.78 Å². The van der Waals surface area contributed by atoms with Gasteiger partial charge in [0.2, 0.25) is 5.91 Å². The number of halogens is 3. The lowest BCUT2D eigenvalue weighted by Crippen LogP contribution is -2.43. The summed E-state index contributed by atoms with van der Waals surface area (Å²) in [5, 5.41) is 3.48. The van der Waals surface area contributed by atoms with E-state index in [1.807, 2.05) is 45.0 Å². The van der Waals surface area contributed by atoms with Crippen LogP contribution in [0, 0.1) is 12.3 Å². The number of aryl methyl sites for hydroxylation is 1. The van der Waals surface area contributed by atoms with Crippen molar-refractivity contribution in [1.29, 1.82) is 0 Å². The number of carbonyl (C=O) groups is 2. The molecule has 196 valence electrons. The number of nitrogens with zero attached hydrogens (tertiary/aromatic N) is 2. The van der Waals surface area contributed by atoms with Crippen molar-refractivity contribution >= 4 is 23.3 Å². The summed E-state index contributed by atoms with van der Waals surface area (Å²) in [5.41, 5.74) is 1.81. The fourth-order valence-corrected chi connectivity index (χ4v) is 5.16. The average Bonchev–Trinajstić information content (AvgIpc) is 3.62. The van der Waals surface area contributed by atoms with E-state index < -0.39 is 17.3 Å². The number of hydrogen-bond acceptors (Lipinski definition) is 4. The van der Waals surface area contributed by atoms with Crippen molar-refractivity contribution in [1.82, 2.24) is 15.2 Å². The Hall–Kier alpha value is -2.38. The molecule has 1 fully saturated rings. The maximum Gasteiger partial charge on any atom is 0.251 e. The predicted octanol–water partition coefficient (Wildman–Crippen LogP) is 5.83. The lowest BCUT2D eigenvalue weighted by Gasteiger charge is -2.32. The fraction of sp³-hybridized carbons (Fsp3) is 0.536. The number of carbonyl (C=O) groups excluding carboxylic acids is 2. The zero-order valence-corrected chi connectivity index (χ0v) is 22.5. The summed E-state index contributed by atoms with van der Waals surface area (Å²) in [7, 11) is 3.83. The molecule has 0 bridgehead atoms. The molecule has 0 radical (unpaired) electrons. The van der Waals surface area contributed by atoms with E-state index in [4.69, 9.17) is 11.6 Å². The van der Waals surface area contributed by atoms with E-state index in [-0.39, 0.29) is 24.2 Å². The van der Waals surface area contributed by atoms with Gasteiger partial charge in [-0.05, 0) is 70.0 Å². The normalized spacial score (nSPS) is 16.5. The molecule has 36 heavy (non-hydrogen) atoms. The number of pyridine rings is 1. The summed E-state index contributed by atoms with van der Waals surface area (Å²) >= 11 is 6.46. The number of ketones is 1. The van der Waals surface area contributed by atoms with Crippen LogP contribution >= 0.6 is 11.6 Å². The second-order valence-electron chi connectivity index (χ2n) is 10.3. The molecule has 1 aromatic carbocycles. The van der Waals surface area contributed by atoms with Gasteiger partial charge in [0.1, 0.15) is 0 Å². The van der Waals surface area contributed by atoms with Gasteiger partial charge in [-0.3, -0.25) is 14.6 Å². The Morgan fingerprint density at radius 2 is 1.92 bits per heavy atom. The van der Waals surface area contributed by atoms with Crippen molar-refractivity contribution in [2.75, 3.05) is 20.6 Å². The van der Waals surface area contributed by atoms with E-state index in [2.05, 4.69) is 10.3 Å². The molecule has 0 aliphatic heterocycles. The number of Topliss-reactive ketones (excluding diaryl/α,β-unsaturated/α-hetero) is 1. The Balaban J connectivity index is 1.71. The van der Waals surface area contributed by atoms with Crippen molar-refractivity contribution in [3.63, 3.8) is 0 Å². The standard InChI is InChI=1S/C28H36ClF2N3O2/c1-6-25(35)20-8-7-19(24(29)13-20)12-22(34(4)5)17-33-26(36)14-23(21-11-18(2)15-32-16-21)28(9-10-28)27(3,30)31/h7-8,11,13,15-16,22-23H,6,9-10,12,14,17H2,1-5H3,(H,33,36)/t22-,23?/m0/s1. The first-order valence-electron chi connectivity index (χ1n) is 12.4. The third kappa shape index (κ3) is 6.48. The minimum absolute atomic E-state index is 0.0245. The first-order chi connectivity index (χ1) is 16.9. The van der Waals surface area contributed by atoms with Gasteiger partial charge in [-0.2, -0.15) is 0 Å². The van der Waals surface area contributed by atoms with Crippen LogP contribution in [0.1, 0.15) is 72.5 Å². The Bertz CT molecular complexity index is 1100. The molecule has 2 atom stereocenters. The molecule has 1 aliphatic rings. The number of amides is 1. The maximum absolute atomic E-state index is 14.7. The van der Waals surface area contributed by atoms with Crippen molar-refractivity contribution in [2.45, 2.75) is 70.8 Å². The minimum atomic E-state index is -2.89. The van der Waals surface area contributed by atoms with Crippen LogP contribution in [-0.2, 0) is 11.2 Å². The molecule has 1 unspecified atom stereocenters. The summed E-state index contributed by atoms with van der Waals surface area (Å²) in [4.78, 5) is 31.2. The SMILES string of the molecule is CCC(=O)c1ccc(C[C@@H](CNC(=O)CC(c2cncc(C)c2)C2(C(C)(F)F)CC2)N(C)C)c(Cl)c1. The number of benzene rings is 1. The molecule has 0 spiro atoms. The van der Waals surface area contributed by atoms with Gasteiger partial charge in [0, 0.05) is 59.7 Å². The molecular weight excluding hydrogens is 484 g/mol. The van der Waals surface area contributed by atoms with Crippen LogP contribution < -0.4 is 5.32 Å². The Morgan fingerprint density at radius 1 is 1.22 bits per heavy atom. The first-order valence-corrected chi connectivity index (χ1v) is 12.8. The molecule has 1 amide bonds. The lowest BCUT2D eigenvalue weighted by atomic mass is 9.77. The van der Waals surface area contributed by atoms with Crippen LogP contribution in [0.15, 0.2) is 36.7 Å². The van der Waals surface area contributed by atoms with Gasteiger partial charge >= 0.3 is 0 Å². The summed E-state index contributed by atoms with van der Waals surface area (Å²) in [6.45, 7) is 4.97. The lowest BCUT2D eigenvalue weighted by molar-refractivity contribution is -0.123. The van der Waals surface area contributed by atoms with Crippen molar-refractivity contribution in [2.24, 2.45) is 5.41 Å². The second kappa shape index (κ2) is 11.3. The summed E-state index contributed by atoms with van der Waals surface area (Å²) in [6, 6.07) is 7.10. The molecule has 8 heteroatoms. The first kappa shape index (κ1) is 28.2. The number of nitrogens with one attached hydrogen (secondary N) is 1. The van der Waals surface area contributed by atoms with Gasteiger partial charge in [0.05, 0.1) is 0 Å². The van der Waals surface area contributed by atoms with Gasteiger partial charge in [0.25, 0.3) is 5.92 Å². The van der Waals surface area contributed by atoms with Gasteiger partial charge in [-0.15, -0.1) is 0 Å². The van der Waals surface area contributed by atoms with E-state index in [1.165, 1.54) is 0 Å². The molecule has 1 N–H and O–H groups in total. The zero-order chi connectivity index (χ0) is 26.7. The molecular formula is C28H36ClF2N3O2. The van der Waals surface area contributed by atoms with Crippen LogP contribution in [0.2, 0.25) is 5.02 Å². The number of rotatable bonds is 12. The largest absolute Gasteiger partial charge is 0.355 e. The monoisotopic (exact) mass is 519 g/mol. The molecule has 2 aromatic rings.